The number of hydrogen-bond donors (Lipinski definition) is 0. The normalized spacial score (nSPS) is 10.5. The maximum Gasteiger partial charge on any atom is 0.294 e. The van der Waals surface area contributed by atoms with E-state index >= 15 is 0 Å². The number of nitro groups is 1. The summed E-state index contributed by atoms with van der Waals surface area (Å²) in [6.07, 6.45) is 0.622. The number of ketones is 2. The third kappa shape index (κ3) is 3.92. The van der Waals surface area contributed by atoms with E-state index in [1.165, 1.54) is 18.2 Å². The fourth-order valence-corrected chi connectivity index (χ4v) is 1.80. The van der Waals surface area contributed by atoms with Crippen molar-refractivity contribution in [3.05, 3.63) is 70.3 Å². The van der Waals surface area contributed by atoms with Crippen LogP contribution in [-0.2, 0) is 4.79 Å². The largest absolute Gasteiger partial charge is 0.294 e. The van der Waals surface area contributed by atoms with Gasteiger partial charge in [-0.1, -0.05) is 42.5 Å². The lowest BCUT2D eigenvalue weighted by molar-refractivity contribution is -0.384. The van der Waals surface area contributed by atoms with Gasteiger partial charge in [0, 0.05) is 11.6 Å². The second-order valence-corrected chi connectivity index (χ2v) is 4.44. The van der Waals surface area contributed by atoms with Gasteiger partial charge in [0.2, 0.25) is 0 Å². The van der Waals surface area contributed by atoms with Crippen LogP contribution < -0.4 is 0 Å². The fourth-order valence-electron chi connectivity index (χ4n) is 1.80. The number of nitro benzene ring substituents is 1. The molecule has 0 aliphatic carbocycles. The first kappa shape index (κ1) is 15.2. The molecule has 0 radical (unpaired) electrons. The molecule has 110 valence electrons. The van der Waals surface area contributed by atoms with E-state index in [2.05, 4.69) is 4.99 Å². The number of hydrogen-bond acceptors (Lipinski definition) is 5. The molecular weight excluding hydrogens is 284 g/mol. The summed E-state index contributed by atoms with van der Waals surface area (Å²) in [4.78, 5) is 37.6. The Hall–Kier alpha value is -3.15. The fraction of sp³-hybridized carbons (Fsp3) is 0.0625. The molecule has 0 unspecified atom stereocenters. The Kier molecular flexibility index (Phi) is 4.87. The van der Waals surface area contributed by atoms with Crippen molar-refractivity contribution >= 4 is 29.2 Å². The van der Waals surface area contributed by atoms with E-state index in [0.29, 0.717) is 5.56 Å². The van der Waals surface area contributed by atoms with E-state index in [4.69, 9.17) is 0 Å². The van der Waals surface area contributed by atoms with E-state index in [1.54, 1.807) is 36.4 Å². The average Bonchev–Trinajstić information content (AvgIpc) is 2.54. The van der Waals surface area contributed by atoms with Crippen molar-refractivity contribution < 1.29 is 14.5 Å². The Morgan fingerprint density at radius 1 is 1.05 bits per heavy atom. The summed E-state index contributed by atoms with van der Waals surface area (Å²) in [5.74, 6) is -0.827. The standard InChI is InChI=1S/C16H12N2O4/c19-13(10-16(20)12-6-2-1-3-7-12)11-17-14-8-4-5-9-15(14)18(21)22/h1-9,11H,10H2. The molecule has 0 heterocycles. The van der Waals surface area contributed by atoms with Gasteiger partial charge in [-0.3, -0.25) is 19.7 Å². The van der Waals surface area contributed by atoms with Crippen LogP contribution in [0.3, 0.4) is 0 Å². The van der Waals surface area contributed by atoms with Gasteiger partial charge in [0.15, 0.2) is 11.6 Å². The van der Waals surface area contributed by atoms with Crippen LogP contribution in [0.1, 0.15) is 16.8 Å². The second-order valence-electron chi connectivity index (χ2n) is 4.44. The summed E-state index contributed by atoms with van der Waals surface area (Å²) in [5.41, 5.74) is 0.323. The summed E-state index contributed by atoms with van der Waals surface area (Å²) < 4.78 is 0. The Labute approximate surface area is 126 Å². The highest BCUT2D eigenvalue weighted by Gasteiger charge is 2.13. The Bertz CT molecular complexity index is 739. The van der Waals surface area contributed by atoms with Crippen LogP contribution in [-0.4, -0.2) is 22.7 Å². The Morgan fingerprint density at radius 2 is 1.68 bits per heavy atom. The maximum absolute atomic E-state index is 11.9. The van der Waals surface area contributed by atoms with Crippen molar-refractivity contribution in [3.8, 4) is 0 Å². The van der Waals surface area contributed by atoms with Gasteiger partial charge in [0.05, 0.1) is 17.6 Å². The molecule has 6 heteroatoms. The Balaban J connectivity index is 2.06. The number of rotatable bonds is 6. The highest BCUT2D eigenvalue weighted by molar-refractivity contribution is 6.33. The lowest BCUT2D eigenvalue weighted by Gasteiger charge is -1.98. The number of Topliss-reactive ketones (excluding diaryl/α,β-unsaturated/α-hetero) is 2. The van der Waals surface area contributed by atoms with Crippen LogP contribution in [0.2, 0.25) is 0 Å². The molecule has 0 N–H and O–H groups in total. The lowest BCUT2D eigenvalue weighted by Crippen LogP contribution is -2.08. The first-order valence-electron chi connectivity index (χ1n) is 6.46. The molecule has 0 saturated carbocycles. The minimum Gasteiger partial charge on any atom is -0.294 e. The van der Waals surface area contributed by atoms with Crippen LogP contribution in [0.25, 0.3) is 0 Å². The number of aliphatic imine (C=N–C) groups is 1. The van der Waals surface area contributed by atoms with Crippen molar-refractivity contribution in [2.24, 2.45) is 4.99 Å². The lowest BCUT2D eigenvalue weighted by atomic mass is 10.1. The number of nitrogens with zero attached hydrogens (tertiary/aromatic N) is 2. The van der Waals surface area contributed by atoms with Crippen LogP contribution in [0, 0.1) is 10.1 Å². The van der Waals surface area contributed by atoms with Gasteiger partial charge >= 0.3 is 0 Å². The van der Waals surface area contributed by atoms with E-state index in [9.17, 15) is 19.7 Å². The molecule has 2 aromatic carbocycles. The van der Waals surface area contributed by atoms with Crippen LogP contribution in [0.5, 0.6) is 0 Å². The molecule has 0 bridgehead atoms. The van der Waals surface area contributed by atoms with Gasteiger partial charge in [-0.25, -0.2) is 4.99 Å². The first-order valence-corrected chi connectivity index (χ1v) is 6.46. The van der Waals surface area contributed by atoms with Crippen molar-refractivity contribution in [1.82, 2.24) is 0 Å². The van der Waals surface area contributed by atoms with Gasteiger partial charge in [0.25, 0.3) is 5.69 Å². The molecule has 6 nitrogen and oxygen atoms in total. The van der Waals surface area contributed by atoms with Crippen molar-refractivity contribution in [2.45, 2.75) is 6.42 Å². The molecule has 0 spiro atoms. The van der Waals surface area contributed by atoms with Crippen molar-refractivity contribution in [1.29, 1.82) is 0 Å². The number of benzene rings is 2. The molecule has 0 atom stereocenters. The van der Waals surface area contributed by atoms with Gasteiger partial charge < -0.3 is 0 Å². The van der Waals surface area contributed by atoms with E-state index in [1.807, 2.05) is 0 Å². The van der Waals surface area contributed by atoms with Gasteiger partial charge in [0.1, 0.15) is 5.69 Å². The zero-order chi connectivity index (χ0) is 15.9. The predicted molar refractivity (Wildman–Crippen MR) is 81.6 cm³/mol. The molecule has 0 aromatic heterocycles. The Morgan fingerprint density at radius 3 is 2.36 bits per heavy atom. The minimum absolute atomic E-state index is 0.0769. The van der Waals surface area contributed by atoms with Crippen molar-refractivity contribution in [3.63, 3.8) is 0 Å². The highest BCUT2D eigenvalue weighted by Crippen LogP contribution is 2.25. The molecule has 2 aromatic rings. The number of carbonyl (C=O) groups is 2. The molecule has 2 rings (SSSR count). The van der Waals surface area contributed by atoms with Gasteiger partial charge in [-0.05, 0) is 6.07 Å². The zero-order valence-corrected chi connectivity index (χ0v) is 11.5. The molecule has 0 amide bonds. The predicted octanol–water partition coefficient (Wildman–Crippen LogP) is 3.14. The molecule has 0 aliphatic rings. The second kappa shape index (κ2) is 7.03. The third-order valence-electron chi connectivity index (χ3n) is 2.86. The monoisotopic (exact) mass is 296 g/mol. The van der Waals surface area contributed by atoms with Gasteiger partial charge in [-0.2, -0.15) is 0 Å². The van der Waals surface area contributed by atoms with E-state index in [0.717, 1.165) is 6.21 Å². The van der Waals surface area contributed by atoms with E-state index in [-0.39, 0.29) is 23.6 Å². The summed E-state index contributed by atoms with van der Waals surface area (Å²) in [6, 6.07) is 14.3. The molecular formula is C16H12N2O4. The van der Waals surface area contributed by atoms with Crippen LogP contribution >= 0.6 is 0 Å². The van der Waals surface area contributed by atoms with Crippen LogP contribution in [0.4, 0.5) is 11.4 Å². The van der Waals surface area contributed by atoms with Gasteiger partial charge in [-0.15, -0.1) is 0 Å². The van der Waals surface area contributed by atoms with Crippen molar-refractivity contribution in [2.75, 3.05) is 0 Å². The number of carbonyl (C=O) groups excluding carboxylic acids is 2. The summed E-state index contributed by atoms with van der Waals surface area (Å²) in [7, 11) is 0. The molecule has 0 aliphatic heterocycles. The smallest absolute Gasteiger partial charge is 0.294 e. The number of para-hydroxylation sites is 2. The SMILES string of the molecule is O=C(C=Nc1ccccc1[N+](=O)[O-])CC(=O)c1ccccc1. The maximum atomic E-state index is 11.9. The molecule has 0 fully saturated rings. The van der Waals surface area contributed by atoms with Crippen LogP contribution in [0.15, 0.2) is 59.6 Å². The quantitative estimate of drug-likeness (QED) is 0.269. The zero-order valence-electron chi connectivity index (χ0n) is 11.5. The molecule has 22 heavy (non-hydrogen) atoms. The third-order valence-corrected chi connectivity index (χ3v) is 2.86. The average molecular weight is 296 g/mol. The topological polar surface area (TPSA) is 89.6 Å². The van der Waals surface area contributed by atoms with E-state index < -0.39 is 10.7 Å². The summed E-state index contributed by atoms with van der Waals surface area (Å²) >= 11 is 0. The molecule has 0 saturated heterocycles. The highest BCUT2D eigenvalue weighted by atomic mass is 16.6. The summed E-state index contributed by atoms with van der Waals surface area (Å²) in [6.45, 7) is 0. The summed E-state index contributed by atoms with van der Waals surface area (Å²) in [5, 5.41) is 10.8. The minimum atomic E-state index is -0.577. The first-order chi connectivity index (χ1) is 10.6.